The number of carboxylic acid groups (broad SMARTS) is 1. The number of carbonyl (C=O) groups excluding carboxylic acids is 1. The van der Waals surface area contributed by atoms with E-state index in [0.29, 0.717) is 25.3 Å². The molecule has 26 heavy (non-hydrogen) atoms. The molecule has 2 aromatic carbocycles. The largest absolute Gasteiger partial charge is 0.494 e. The molecule has 0 aliphatic carbocycles. The Bertz CT molecular complexity index is 700. The maximum atomic E-state index is 12.3. The van der Waals surface area contributed by atoms with Crippen LogP contribution in [0.15, 0.2) is 54.6 Å². The average molecular weight is 357 g/mol. The molecule has 6 nitrogen and oxygen atoms in total. The Kier molecular flexibility index (Phi) is 7.64. The molecule has 1 amide bonds. The lowest BCUT2D eigenvalue weighted by Gasteiger charge is -2.15. The van der Waals surface area contributed by atoms with E-state index in [1.807, 2.05) is 42.5 Å². The first-order valence-electron chi connectivity index (χ1n) is 8.39. The third-order valence-electron chi connectivity index (χ3n) is 3.77. The lowest BCUT2D eigenvalue weighted by molar-refractivity contribution is -0.137. The molecular weight excluding hydrogens is 334 g/mol. The van der Waals surface area contributed by atoms with Crippen LogP contribution in [0.25, 0.3) is 0 Å². The number of carboxylic acids is 1. The van der Waals surface area contributed by atoms with Crippen molar-refractivity contribution in [2.24, 2.45) is 0 Å². The molecule has 138 valence electrons. The second-order valence-corrected chi connectivity index (χ2v) is 5.73. The minimum atomic E-state index is -0.829. The zero-order valence-electron chi connectivity index (χ0n) is 14.7. The predicted octanol–water partition coefficient (Wildman–Crippen LogP) is 2.93. The summed E-state index contributed by atoms with van der Waals surface area (Å²) in [5, 5.41) is 11.4. The normalized spacial score (nSPS) is 11.6. The van der Waals surface area contributed by atoms with Gasteiger partial charge in [0.15, 0.2) is 6.10 Å². The highest BCUT2D eigenvalue weighted by Gasteiger charge is 2.19. The summed E-state index contributed by atoms with van der Waals surface area (Å²) < 4.78 is 10.8. The molecule has 0 saturated heterocycles. The quantitative estimate of drug-likeness (QED) is 0.639. The summed E-state index contributed by atoms with van der Waals surface area (Å²) in [4.78, 5) is 22.8. The molecule has 2 rings (SSSR count). The van der Waals surface area contributed by atoms with Crippen LogP contribution < -0.4 is 10.1 Å². The number of aliphatic carboxylic acids is 1. The van der Waals surface area contributed by atoms with Crippen molar-refractivity contribution in [2.45, 2.75) is 25.5 Å². The number of nitrogens with one attached hydrogen (secondary N) is 1. The molecule has 0 aliphatic rings. The number of carbonyl (C=O) groups is 2. The van der Waals surface area contributed by atoms with Crippen LogP contribution in [0, 0.1) is 0 Å². The summed E-state index contributed by atoms with van der Waals surface area (Å²) in [5.74, 6) is -0.359. The van der Waals surface area contributed by atoms with Crippen LogP contribution >= 0.6 is 0 Å². The molecule has 0 fully saturated rings. The van der Waals surface area contributed by atoms with Gasteiger partial charge in [0.2, 0.25) is 0 Å². The Morgan fingerprint density at radius 2 is 1.77 bits per heavy atom. The first-order chi connectivity index (χ1) is 12.6. The van der Waals surface area contributed by atoms with Crippen molar-refractivity contribution in [3.05, 3.63) is 65.7 Å². The number of rotatable bonds is 10. The highest BCUT2D eigenvalue weighted by atomic mass is 16.5. The highest BCUT2D eigenvalue weighted by Crippen LogP contribution is 2.17. The van der Waals surface area contributed by atoms with E-state index < -0.39 is 12.1 Å². The molecule has 0 radical (unpaired) electrons. The Morgan fingerprint density at radius 3 is 2.38 bits per heavy atom. The van der Waals surface area contributed by atoms with Crippen molar-refractivity contribution in [1.82, 2.24) is 5.32 Å². The first-order valence-corrected chi connectivity index (χ1v) is 8.39. The van der Waals surface area contributed by atoms with E-state index in [-0.39, 0.29) is 12.3 Å². The zero-order valence-corrected chi connectivity index (χ0v) is 14.7. The lowest BCUT2D eigenvalue weighted by Crippen LogP contribution is -2.29. The van der Waals surface area contributed by atoms with E-state index in [2.05, 4.69) is 5.32 Å². The third-order valence-corrected chi connectivity index (χ3v) is 3.77. The maximum absolute atomic E-state index is 12.3. The molecule has 0 spiro atoms. The molecular formula is C20H23NO5. The van der Waals surface area contributed by atoms with Gasteiger partial charge in [-0.25, -0.2) is 0 Å². The molecule has 0 heterocycles. The Labute approximate surface area is 152 Å². The summed E-state index contributed by atoms with van der Waals surface area (Å²) in [6.45, 7) is 0.736. The Hall–Kier alpha value is -2.86. The molecule has 0 bridgehead atoms. The van der Waals surface area contributed by atoms with Gasteiger partial charge in [0, 0.05) is 20.1 Å². The van der Waals surface area contributed by atoms with Gasteiger partial charge in [0.05, 0.1) is 6.61 Å². The van der Waals surface area contributed by atoms with E-state index in [4.69, 9.17) is 14.6 Å². The van der Waals surface area contributed by atoms with Crippen LogP contribution in [-0.2, 0) is 20.9 Å². The van der Waals surface area contributed by atoms with Gasteiger partial charge in [-0.2, -0.15) is 0 Å². The van der Waals surface area contributed by atoms with Crippen LogP contribution in [0.2, 0.25) is 0 Å². The van der Waals surface area contributed by atoms with Gasteiger partial charge in [0.25, 0.3) is 5.91 Å². The SMILES string of the molecule is CO[C@@H](C(=O)NCc1ccc(OCCCC(=O)O)cc1)c1ccccc1. The maximum Gasteiger partial charge on any atom is 0.303 e. The number of ether oxygens (including phenoxy) is 2. The van der Waals surface area contributed by atoms with Crippen LogP contribution in [0.1, 0.15) is 30.1 Å². The van der Waals surface area contributed by atoms with Crippen LogP contribution in [0.4, 0.5) is 0 Å². The van der Waals surface area contributed by atoms with Crippen molar-refractivity contribution >= 4 is 11.9 Å². The fourth-order valence-electron chi connectivity index (χ4n) is 2.42. The fourth-order valence-corrected chi connectivity index (χ4v) is 2.42. The van der Waals surface area contributed by atoms with Gasteiger partial charge in [-0.3, -0.25) is 9.59 Å². The molecule has 0 unspecified atom stereocenters. The minimum absolute atomic E-state index is 0.0895. The van der Waals surface area contributed by atoms with Gasteiger partial charge >= 0.3 is 5.97 Å². The number of methoxy groups -OCH3 is 1. The summed E-state index contributed by atoms with van der Waals surface area (Å²) in [5.41, 5.74) is 1.73. The second-order valence-electron chi connectivity index (χ2n) is 5.73. The van der Waals surface area contributed by atoms with Crippen LogP contribution in [-0.4, -0.2) is 30.7 Å². The molecule has 1 atom stereocenters. The standard InChI is InChI=1S/C20H23NO5/c1-25-19(16-6-3-2-4-7-16)20(24)21-14-15-9-11-17(12-10-15)26-13-5-8-18(22)23/h2-4,6-7,9-12,19H,5,8,13-14H2,1H3,(H,21,24)(H,22,23)/t19-/m1/s1. The second kappa shape index (κ2) is 10.2. The Morgan fingerprint density at radius 1 is 1.08 bits per heavy atom. The first kappa shape index (κ1) is 19.5. The van der Waals surface area contributed by atoms with Gasteiger partial charge in [-0.05, 0) is 29.7 Å². The van der Waals surface area contributed by atoms with Crippen molar-refractivity contribution < 1.29 is 24.2 Å². The summed E-state index contributed by atoms with van der Waals surface area (Å²) in [6, 6.07) is 16.6. The molecule has 0 aliphatic heterocycles. The van der Waals surface area contributed by atoms with Crippen molar-refractivity contribution in [1.29, 1.82) is 0 Å². The molecule has 0 saturated carbocycles. The molecule has 2 aromatic rings. The zero-order chi connectivity index (χ0) is 18.8. The van der Waals surface area contributed by atoms with Crippen LogP contribution in [0.5, 0.6) is 5.75 Å². The number of hydrogen-bond donors (Lipinski definition) is 2. The van der Waals surface area contributed by atoms with E-state index >= 15 is 0 Å². The smallest absolute Gasteiger partial charge is 0.303 e. The number of hydrogen-bond acceptors (Lipinski definition) is 4. The topological polar surface area (TPSA) is 84.9 Å². The van der Waals surface area contributed by atoms with E-state index in [9.17, 15) is 9.59 Å². The fraction of sp³-hybridized carbons (Fsp3) is 0.300. The number of benzene rings is 2. The van der Waals surface area contributed by atoms with E-state index in [1.165, 1.54) is 7.11 Å². The summed E-state index contributed by atoms with van der Waals surface area (Å²) in [7, 11) is 1.51. The highest BCUT2D eigenvalue weighted by molar-refractivity contribution is 5.82. The molecule has 2 N–H and O–H groups in total. The monoisotopic (exact) mass is 357 g/mol. The summed E-state index contributed by atoms with van der Waals surface area (Å²) in [6.07, 6.45) is -0.0925. The van der Waals surface area contributed by atoms with Crippen molar-refractivity contribution in [2.75, 3.05) is 13.7 Å². The van der Waals surface area contributed by atoms with E-state index in [1.54, 1.807) is 12.1 Å². The van der Waals surface area contributed by atoms with Gasteiger partial charge < -0.3 is 19.9 Å². The van der Waals surface area contributed by atoms with Gasteiger partial charge in [-0.15, -0.1) is 0 Å². The van der Waals surface area contributed by atoms with Gasteiger partial charge in [-0.1, -0.05) is 42.5 Å². The lowest BCUT2D eigenvalue weighted by atomic mass is 10.1. The minimum Gasteiger partial charge on any atom is -0.494 e. The van der Waals surface area contributed by atoms with Gasteiger partial charge in [0.1, 0.15) is 5.75 Å². The van der Waals surface area contributed by atoms with Crippen molar-refractivity contribution in [3.63, 3.8) is 0 Å². The van der Waals surface area contributed by atoms with Crippen molar-refractivity contribution in [3.8, 4) is 5.75 Å². The molecule has 0 aromatic heterocycles. The third kappa shape index (κ3) is 6.22. The van der Waals surface area contributed by atoms with Crippen LogP contribution in [0.3, 0.4) is 0 Å². The Balaban J connectivity index is 1.81. The molecule has 6 heteroatoms. The van der Waals surface area contributed by atoms with E-state index in [0.717, 1.165) is 11.1 Å². The predicted molar refractivity (Wildman–Crippen MR) is 96.8 cm³/mol. The summed E-state index contributed by atoms with van der Waals surface area (Å²) >= 11 is 0. The average Bonchev–Trinajstić information content (AvgIpc) is 2.66. The number of amides is 1.